The normalized spacial score (nSPS) is 17.0. The Morgan fingerprint density at radius 1 is 1.29 bits per heavy atom. The zero-order chi connectivity index (χ0) is 15.1. The molecule has 1 fully saturated rings. The van der Waals surface area contributed by atoms with Gasteiger partial charge in [-0.1, -0.05) is 43.5 Å². The molecule has 0 heterocycles. The molecule has 1 atom stereocenters. The van der Waals surface area contributed by atoms with Crippen LogP contribution in [-0.4, -0.2) is 12.6 Å². The number of nitrogens with zero attached hydrogens (tertiary/aromatic N) is 1. The Hall–Kier alpha value is -1.82. The average molecular weight is 285 g/mol. The van der Waals surface area contributed by atoms with Gasteiger partial charge in [0.05, 0.1) is 25.0 Å². The minimum Gasteiger partial charge on any atom is -0.466 e. The van der Waals surface area contributed by atoms with Crippen LogP contribution in [0.4, 0.5) is 0 Å². The van der Waals surface area contributed by atoms with Crippen molar-refractivity contribution in [3.63, 3.8) is 0 Å². The molecule has 112 valence electrons. The van der Waals surface area contributed by atoms with Crippen molar-refractivity contribution in [1.29, 1.82) is 5.26 Å². The maximum atomic E-state index is 11.5. The molecule has 21 heavy (non-hydrogen) atoms. The van der Waals surface area contributed by atoms with Gasteiger partial charge in [0.25, 0.3) is 0 Å². The quantitative estimate of drug-likeness (QED) is 0.758. The van der Waals surface area contributed by atoms with E-state index in [2.05, 4.69) is 18.2 Å². The maximum Gasteiger partial charge on any atom is 0.307 e. The lowest BCUT2D eigenvalue weighted by Crippen LogP contribution is -2.10. The summed E-state index contributed by atoms with van der Waals surface area (Å²) in [4.78, 5) is 11.5. The summed E-state index contributed by atoms with van der Waals surface area (Å²) in [5, 5.41) is 9.26. The molecule has 3 heteroatoms. The molecule has 0 aromatic heterocycles. The van der Waals surface area contributed by atoms with Crippen LogP contribution in [0, 0.1) is 11.3 Å². The van der Waals surface area contributed by atoms with Gasteiger partial charge in [0.15, 0.2) is 0 Å². The van der Waals surface area contributed by atoms with Crippen LogP contribution in [-0.2, 0) is 9.53 Å². The zero-order valence-electron chi connectivity index (χ0n) is 12.7. The van der Waals surface area contributed by atoms with E-state index in [9.17, 15) is 10.1 Å². The van der Waals surface area contributed by atoms with E-state index < -0.39 is 5.92 Å². The summed E-state index contributed by atoms with van der Waals surface area (Å²) in [6, 6.07) is 10.5. The molecule has 0 spiro atoms. The summed E-state index contributed by atoms with van der Waals surface area (Å²) in [5.41, 5.74) is 2.27. The van der Waals surface area contributed by atoms with Crippen LogP contribution in [0.15, 0.2) is 24.3 Å². The largest absolute Gasteiger partial charge is 0.466 e. The van der Waals surface area contributed by atoms with Crippen LogP contribution in [0.25, 0.3) is 0 Å². The highest BCUT2D eigenvalue weighted by Crippen LogP contribution is 2.33. The Labute approximate surface area is 126 Å². The summed E-state index contributed by atoms with van der Waals surface area (Å²) >= 11 is 0. The summed E-state index contributed by atoms with van der Waals surface area (Å²) in [7, 11) is 0. The molecule has 1 aromatic carbocycles. The number of hydrogen-bond acceptors (Lipinski definition) is 3. The van der Waals surface area contributed by atoms with Crippen LogP contribution >= 0.6 is 0 Å². The van der Waals surface area contributed by atoms with Gasteiger partial charge in [0.2, 0.25) is 0 Å². The fraction of sp³-hybridized carbons (Fsp3) is 0.556. The lowest BCUT2D eigenvalue weighted by molar-refractivity contribution is -0.143. The van der Waals surface area contributed by atoms with Crippen LogP contribution in [0.3, 0.4) is 0 Å². The van der Waals surface area contributed by atoms with Gasteiger partial charge in [-0.05, 0) is 36.8 Å². The smallest absolute Gasteiger partial charge is 0.307 e. The summed E-state index contributed by atoms with van der Waals surface area (Å²) in [6.07, 6.45) is 6.65. The molecule has 0 N–H and O–H groups in total. The van der Waals surface area contributed by atoms with Gasteiger partial charge in [-0.3, -0.25) is 4.79 Å². The molecule has 0 radical (unpaired) electrons. The number of carbonyl (C=O) groups excluding carboxylic acids is 1. The molecule has 1 aromatic rings. The van der Waals surface area contributed by atoms with E-state index in [1.54, 1.807) is 6.92 Å². The third kappa shape index (κ3) is 4.32. The van der Waals surface area contributed by atoms with Gasteiger partial charge in [-0.2, -0.15) is 5.26 Å². The number of ether oxygens (including phenoxy) is 1. The van der Waals surface area contributed by atoms with E-state index >= 15 is 0 Å². The Bertz CT molecular complexity index is 495. The van der Waals surface area contributed by atoms with E-state index in [4.69, 9.17) is 4.74 Å². The van der Waals surface area contributed by atoms with Crippen molar-refractivity contribution in [1.82, 2.24) is 0 Å². The van der Waals surface area contributed by atoms with Crippen LogP contribution < -0.4 is 0 Å². The highest BCUT2D eigenvalue weighted by atomic mass is 16.5. The Morgan fingerprint density at radius 2 is 1.95 bits per heavy atom. The molecule has 0 aliphatic heterocycles. The molecular weight excluding hydrogens is 262 g/mol. The van der Waals surface area contributed by atoms with E-state index in [0.29, 0.717) is 12.5 Å². The SMILES string of the molecule is CCOC(=O)CC(C#N)c1ccc(C2CCCCC2)cc1. The fourth-order valence-corrected chi connectivity index (χ4v) is 3.06. The maximum absolute atomic E-state index is 11.5. The predicted octanol–water partition coefficient (Wildman–Crippen LogP) is 4.29. The second kappa shape index (κ2) is 7.83. The summed E-state index contributed by atoms with van der Waals surface area (Å²) in [5.74, 6) is -0.0525. The molecule has 1 unspecified atom stereocenters. The molecule has 1 saturated carbocycles. The van der Waals surface area contributed by atoms with Gasteiger partial charge in [-0.15, -0.1) is 0 Å². The number of hydrogen-bond donors (Lipinski definition) is 0. The second-order valence-corrected chi connectivity index (χ2v) is 5.69. The molecule has 2 rings (SSSR count). The first-order valence-corrected chi connectivity index (χ1v) is 7.89. The van der Waals surface area contributed by atoms with Crippen molar-refractivity contribution >= 4 is 5.97 Å². The number of esters is 1. The monoisotopic (exact) mass is 285 g/mol. The van der Waals surface area contributed by atoms with Crippen LogP contribution in [0.2, 0.25) is 0 Å². The minimum atomic E-state index is -0.413. The van der Waals surface area contributed by atoms with E-state index in [1.165, 1.54) is 37.7 Å². The van der Waals surface area contributed by atoms with Gasteiger partial charge in [0.1, 0.15) is 0 Å². The highest BCUT2D eigenvalue weighted by molar-refractivity contribution is 5.71. The Balaban J connectivity index is 2.02. The molecule has 3 nitrogen and oxygen atoms in total. The van der Waals surface area contributed by atoms with E-state index in [-0.39, 0.29) is 12.4 Å². The van der Waals surface area contributed by atoms with E-state index in [0.717, 1.165) is 5.56 Å². The van der Waals surface area contributed by atoms with Crippen molar-refractivity contribution in [2.45, 2.75) is 57.3 Å². The average Bonchev–Trinajstić information content (AvgIpc) is 2.54. The Morgan fingerprint density at radius 3 is 2.52 bits per heavy atom. The molecule has 0 amide bonds. The fourth-order valence-electron chi connectivity index (χ4n) is 3.06. The van der Waals surface area contributed by atoms with E-state index in [1.807, 2.05) is 12.1 Å². The van der Waals surface area contributed by atoms with Crippen molar-refractivity contribution in [2.75, 3.05) is 6.61 Å². The van der Waals surface area contributed by atoms with Crippen molar-refractivity contribution in [3.8, 4) is 6.07 Å². The number of carbonyl (C=O) groups is 1. The van der Waals surface area contributed by atoms with Crippen molar-refractivity contribution in [3.05, 3.63) is 35.4 Å². The molecule has 1 aliphatic rings. The molecule has 0 bridgehead atoms. The third-order valence-corrected chi connectivity index (χ3v) is 4.25. The number of rotatable bonds is 5. The topological polar surface area (TPSA) is 50.1 Å². The van der Waals surface area contributed by atoms with Gasteiger partial charge in [0, 0.05) is 0 Å². The first-order chi connectivity index (χ1) is 10.2. The molecule has 0 saturated heterocycles. The first-order valence-electron chi connectivity index (χ1n) is 7.89. The molecule has 1 aliphatic carbocycles. The van der Waals surface area contributed by atoms with Gasteiger partial charge in [-0.25, -0.2) is 0 Å². The predicted molar refractivity (Wildman–Crippen MR) is 81.9 cm³/mol. The van der Waals surface area contributed by atoms with Crippen molar-refractivity contribution in [2.24, 2.45) is 0 Å². The third-order valence-electron chi connectivity index (χ3n) is 4.25. The lowest BCUT2D eigenvalue weighted by Gasteiger charge is -2.22. The standard InChI is InChI=1S/C18H23NO2/c1-2-21-18(20)12-17(13-19)16-10-8-15(9-11-16)14-6-4-3-5-7-14/h8-11,14,17H,2-7,12H2,1H3. The number of benzene rings is 1. The second-order valence-electron chi connectivity index (χ2n) is 5.69. The zero-order valence-corrected chi connectivity index (χ0v) is 12.7. The summed E-state index contributed by atoms with van der Waals surface area (Å²) in [6.45, 7) is 2.13. The van der Waals surface area contributed by atoms with Gasteiger partial charge < -0.3 is 4.74 Å². The Kier molecular flexibility index (Phi) is 5.80. The highest BCUT2D eigenvalue weighted by Gasteiger charge is 2.18. The van der Waals surface area contributed by atoms with Crippen LogP contribution in [0.1, 0.15) is 68.4 Å². The van der Waals surface area contributed by atoms with Crippen molar-refractivity contribution < 1.29 is 9.53 Å². The van der Waals surface area contributed by atoms with Crippen LogP contribution in [0.5, 0.6) is 0 Å². The first kappa shape index (κ1) is 15.6. The lowest BCUT2D eigenvalue weighted by atomic mass is 9.83. The minimum absolute atomic E-state index is 0.132. The molecular formula is C18H23NO2. The van der Waals surface area contributed by atoms with Gasteiger partial charge >= 0.3 is 5.97 Å². The summed E-state index contributed by atoms with van der Waals surface area (Å²) < 4.78 is 4.92. The number of nitriles is 1.